The number of hydrogen-bond acceptors (Lipinski definition) is 2. The van der Waals surface area contributed by atoms with Crippen LogP contribution in [0.4, 0.5) is 0 Å². The minimum Gasteiger partial charge on any atom is -0.388 e. The number of benzene rings is 1. The van der Waals surface area contributed by atoms with Gasteiger partial charge in [-0.3, -0.25) is 9.13 Å². The molecule has 0 aliphatic carbocycles. The van der Waals surface area contributed by atoms with Gasteiger partial charge >= 0.3 is 5.69 Å². The molecular formula is C15H22N2O2. The molecule has 2 rings (SSSR count). The third-order valence-corrected chi connectivity index (χ3v) is 4.19. The third kappa shape index (κ3) is 2.21. The molecule has 4 heteroatoms. The summed E-state index contributed by atoms with van der Waals surface area (Å²) < 4.78 is 3.24. The van der Waals surface area contributed by atoms with E-state index in [1.165, 1.54) is 0 Å². The number of aliphatic hydroxyl groups excluding tert-OH is 1. The Morgan fingerprint density at radius 2 is 1.63 bits per heavy atom. The highest BCUT2D eigenvalue weighted by Gasteiger charge is 2.20. The van der Waals surface area contributed by atoms with E-state index in [1.54, 1.807) is 23.2 Å². The molecule has 19 heavy (non-hydrogen) atoms. The molecule has 0 amide bonds. The number of hydrogen-bond donors (Lipinski definition) is 1. The molecule has 1 aromatic heterocycles. The molecule has 2 unspecified atom stereocenters. The predicted octanol–water partition coefficient (Wildman–Crippen LogP) is 2.20. The minimum atomic E-state index is -0.500. The fourth-order valence-corrected chi connectivity index (χ4v) is 2.38. The lowest BCUT2D eigenvalue weighted by molar-refractivity contribution is 0.0922. The van der Waals surface area contributed by atoms with Gasteiger partial charge in [-0.1, -0.05) is 26.8 Å². The molecule has 2 atom stereocenters. The Labute approximate surface area is 113 Å². The molecule has 4 nitrogen and oxygen atoms in total. The summed E-state index contributed by atoms with van der Waals surface area (Å²) in [4.78, 5) is 11.9. The van der Waals surface area contributed by atoms with Crippen molar-refractivity contribution >= 4 is 11.0 Å². The lowest BCUT2D eigenvalue weighted by Crippen LogP contribution is -2.19. The number of aromatic nitrogens is 2. The maximum absolute atomic E-state index is 11.9. The normalized spacial score (nSPS) is 15.1. The zero-order valence-electron chi connectivity index (χ0n) is 12.2. The average Bonchev–Trinajstić information content (AvgIpc) is 2.61. The van der Waals surface area contributed by atoms with Crippen LogP contribution in [0.5, 0.6) is 0 Å². The lowest BCUT2D eigenvalue weighted by Gasteiger charge is -2.22. The van der Waals surface area contributed by atoms with E-state index in [0.717, 1.165) is 16.6 Å². The highest BCUT2D eigenvalue weighted by molar-refractivity contribution is 5.76. The van der Waals surface area contributed by atoms with Crippen molar-refractivity contribution < 1.29 is 5.11 Å². The molecule has 1 N–H and O–H groups in total. The van der Waals surface area contributed by atoms with E-state index in [2.05, 4.69) is 13.8 Å². The second kappa shape index (κ2) is 4.85. The van der Waals surface area contributed by atoms with Crippen molar-refractivity contribution in [3.63, 3.8) is 0 Å². The van der Waals surface area contributed by atoms with Crippen LogP contribution >= 0.6 is 0 Å². The van der Waals surface area contributed by atoms with Gasteiger partial charge in [-0.25, -0.2) is 4.79 Å². The van der Waals surface area contributed by atoms with Crippen molar-refractivity contribution in [1.29, 1.82) is 0 Å². The van der Waals surface area contributed by atoms with Gasteiger partial charge in [-0.05, 0) is 29.5 Å². The number of rotatable bonds is 3. The van der Waals surface area contributed by atoms with Gasteiger partial charge in [0.25, 0.3) is 0 Å². The van der Waals surface area contributed by atoms with E-state index in [1.807, 2.05) is 25.1 Å². The molecule has 0 radical (unpaired) electrons. The largest absolute Gasteiger partial charge is 0.388 e. The molecule has 1 aromatic carbocycles. The molecule has 2 aromatic rings. The molecule has 0 aliphatic heterocycles. The molecule has 0 spiro atoms. The highest BCUT2D eigenvalue weighted by Crippen LogP contribution is 2.29. The van der Waals surface area contributed by atoms with E-state index >= 15 is 0 Å². The van der Waals surface area contributed by atoms with Crippen molar-refractivity contribution in [2.75, 3.05) is 0 Å². The predicted molar refractivity (Wildman–Crippen MR) is 77.1 cm³/mol. The van der Waals surface area contributed by atoms with Gasteiger partial charge in [0.15, 0.2) is 0 Å². The van der Waals surface area contributed by atoms with Crippen LogP contribution in [0.1, 0.15) is 32.4 Å². The van der Waals surface area contributed by atoms with Gasteiger partial charge in [-0.15, -0.1) is 0 Å². The van der Waals surface area contributed by atoms with E-state index in [0.29, 0.717) is 5.92 Å². The summed E-state index contributed by atoms with van der Waals surface area (Å²) in [5.74, 6) is 0.587. The van der Waals surface area contributed by atoms with Crippen LogP contribution in [0.25, 0.3) is 11.0 Å². The zero-order valence-corrected chi connectivity index (χ0v) is 12.2. The van der Waals surface area contributed by atoms with Crippen LogP contribution in [0.2, 0.25) is 0 Å². The first kappa shape index (κ1) is 13.9. The summed E-state index contributed by atoms with van der Waals surface area (Å²) in [5, 5.41) is 10.4. The van der Waals surface area contributed by atoms with Crippen molar-refractivity contribution in [2.24, 2.45) is 25.9 Å². The van der Waals surface area contributed by atoms with Crippen molar-refractivity contribution in [3.8, 4) is 0 Å². The van der Waals surface area contributed by atoms with Crippen LogP contribution in [0.3, 0.4) is 0 Å². The molecule has 1 heterocycles. The zero-order chi connectivity index (χ0) is 14.3. The molecule has 0 aliphatic rings. The second-order valence-electron chi connectivity index (χ2n) is 5.70. The topological polar surface area (TPSA) is 47.2 Å². The Kier molecular flexibility index (Phi) is 3.54. The fourth-order valence-electron chi connectivity index (χ4n) is 2.38. The fraction of sp³-hybridized carbons (Fsp3) is 0.533. The second-order valence-corrected chi connectivity index (χ2v) is 5.70. The Morgan fingerprint density at radius 3 is 2.21 bits per heavy atom. The monoisotopic (exact) mass is 262 g/mol. The summed E-state index contributed by atoms with van der Waals surface area (Å²) in [6.45, 7) is 6.25. The maximum Gasteiger partial charge on any atom is 0.328 e. The molecule has 104 valence electrons. The first-order valence-electron chi connectivity index (χ1n) is 6.68. The van der Waals surface area contributed by atoms with Crippen LogP contribution in [-0.4, -0.2) is 14.2 Å². The summed E-state index contributed by atoms with van der Waals surface area (Å²) in [5.41, 5.74) is 2.58. The van der Waals surface area contributed by atoms with Gasteiger partial charge in [-0.2, -0.15) is 0 Å². The quantitative estimate of drug-likeness (QED) is 0.921. The van der Waals surface area contributed by atoms with Crippen molar-refractivity contribution in [2.45, 2.75) is 26.9 Å². The third-order valence-electron chi connectivity index (χ3n) is 4.19. The molecule has 0 saturated heterocycles. The average molecular weight is 262 g/mol. The van der Waals surface area contributed by atoms with E-state index in [9.17, 15) is 9.90 Å². The van der Waals surface area contributed by atoms with Gasteiger partial charge in [0.1, 0.15) is 0 Å². The minimum absolute atomic E-state index is 0.0430. The van der Waals surface area contributed by atoms with E-state index < -0.39 is 6.10 Å². The smallest absolute Gasteiger partial charge is 0.328 e. The summed E-state index contributed by atoms with van der Waals surface area (Å²) in [6, 6.07) is 5.73. The molecule has 0 bridgehead atoms. The first-order chi connectivity index (χ1) is 8.84. The Balaban J connectivity index is 2.53. The SMILES string of the molecule is CC(C)C(C)C(O)c1ccc2c(c1)n(C)c(=O)n2C. The summed E-state index contributed by atoms with van der Waals surface area (Å²) >= 11 is 0. The van der Waals surface area contributed by atoms with Crippen molar-refractivity contribution in [3.05, 3.63) is 34.2 Å². The van der Waals surface area contributed by atoms with Crippen LogP contribution in [0, 0.1) is 11.8 Å². The molecular weight excluding hydrogens is 240 g/mol. The van der Waals surface area contributed by atoms with Gasteiger partial charge in [0.2, 0.25) is 0 Å². The van der Waals surface area contributed by atoms with Gasteiger partial charge in [0.05, 0.1) is 17.1 Å². The molecule has 0 saturated carbocycles. The summed E-state index contributed by atoms with van der Waals surface area (Å²) in [6.07, 6.45) is -0.500. The first-order valence-corrected chi connectivity index (χ1v) is 6.68. The van der Waals surface area contributed by atoms with Crippen LogP contribution in [-0.2, 0) is 14.1 Å². The Morgan fingerprint density at radius 1 is 1.05 bits per heavy atom. The van der Waals surface area contributed by atoms with Crippen LogP contribution in [0.15, 0.2) is 23.0 Å². The van der Waals surface area contributed by atoms with Crippen molar-refractivity contribution in [1.82, 2.24) is 9.13 Å². The standard InChI is InChI=1S/C15H22N2O2/c1-9(2)10(3)14(18)11-6-7-12-13(8-11)17(5)15(19)16(12)4/h6-10,14,18H,1-5H3. The van der Waals surface area contributed by atoms with Crippen LogP contribution < -0.4 is 5.69 Å². The summed E-state index contributed by atoms with van der Waals surface area (Å²) in [7, 11) is 3.52. The number of aryl methyl sites for hydroxylation is 2. The Bertz CT molecular complexity index is 652. The van der Waals surface area contributed by atoms with E-state index in [-0.39, 0.29) is 11.6 Å². The number of aliphatic hydroxyl groups is 1. The lowest BCUT2D eigenvalue weighted by atomic mass is 9.88. The number of fused-ring (bicyclic) bond motifs is 1. The molecule has 0 fully saturated rings. The van der Waals surface area contributed by atoms with E-state index in [4.69, 9.17) is 0 Å². The Hall–Kier alpha value is -1.55. The maximum atomic E-state index is 11.9. The van der Waals surface area contributed by atoms with Gasteiger partial charge in [0, 0.05) is 14.1 Å². The van der Waals surface area contributed by atoms with Gasteiger partial charge < -0.3 is 5.11 Å². The number of nitrogens with zero attached hydrogens (tertiary/aromatic N) is 2. The number of imidazole rings is 1. The highest BCUT2D eigenvalue weighted by atomic mass is 16.3.